The highest BCUT2D eigenvalue weighted by atomic mass is 16.6. The maximum absolute atomic E-state index is 12.2. The van der Waals surface area contributed by atoms with Gasteiger partial charge < -0.3 is 14.8 Å². The number of carbonyl (C=O) groups is 3. The highest BCUT2D eigenvalue weighted by Gasteiger charge is 2.34. The van der Waals surface area contributed by atoms with Gasteiger partial charge in [-0.05, 0) is 45.4 Å². The highest BCUT2D eigenvalue weighted by molar-refractivity contribution is 6.02. The third kappa shape index (κ3) is 5.36. The molecule has 0 aliphatic heterocycles. The van der Waals surface area contributed by atoms with Gasteiger partial charge in [0.05, 0.1) is 13.2 Å². The van der Waals surface area contributed by atoms with Crippen LogP contribution in [0.25, 0.3) is 0 Å². The standard InChI is InChI=1S/C15H25NO5/c1-4-20-14(18)12(15(19)21-5-2)16-13(17)11-8-6-10(3)7-9-11/h10-12H,4-9H2,1-3H3,(H,16,17). The van der Waals surface area contributed by atoms with Crippen LogP contribution in [0.4, 0.5) is 0 Å². The van der Waals surface area contributed by atoms with E-state index in [0.29, 0.717) is 5.92 Å². The molecule has 0 spiro atoms. The zero-order valence-electron chi connectivity index (χ0n) is 13.0. The Bertz CT molecular complexity index is 356. The minimum Gasteiger partial charge on any atom is -0.464 e. The molecule has 0 aromatic carbocycles. The van der Waals surface area contributed by atoms with Crippen LogP contribution in [0.15, 0.2) is 0 Å². The van der Waals surface area contributed by atoms with Crippen LogP contribution < -0.4 is 5.32 Å². The molecule has 0 aromatic heterocycles. The molecular formula is C15H25NO5. The largest absolute Gasteiger partial charge is 0.464 e. The molecule has 0 saturated heterocycles. The zero-order chi connectivity index (χ0) is 15.8. The van der Waals surface area contributed by atoms with Crippen molar-refractivity contribution in [3.05, 3.63) is 0 Å². The van der Waals surface area contributed by atoms with Crippen molar-refractivity contribution in [3.8, 4) is 0 Å². The summed E-state index contributed by atoms with van der Waals surface area (Å²) in [5.74, 6) is -1.33. The summed E-state index contributed by atoms with van der Waals surface area (Å²) >= 11 is 0. The molecule has 120 valence electrons. The van der Waals surface area contributed by atoms with Crippen molar-refractivity contribution in [1.29, 1.82) is 0 Å². The van der Waals surface area contributed by atoms with E-state index in [1.54, 1.807) is 13.8 Å². The average Bonchev–Trinajstić information content (AvgIpc) is 2.45. The van der Waals surface area contributed by atoms with Crippen molar-refractivity contribution in [1.82, 2.24) is 5.32 Å². The molecule has 6 heteroatoms. The van der Waals surface area contributed by atoms with Crippen LogP contribution in [0.5, 0.6) is 0 Å². The van der Waals surface area contributed by atoms with E-state index < -0.39 is 18.0 Å². The second-order valence-corrected chi connectivity index (χ2v) is 5.40. The predicted molar refractivity (Wildman–Crippen MR) is 76.3 cm³/mol. The number of hydrogen-bond acceptors (Lipinski definition) is 5. The molecule has 0 aromatic rings. The monoisotopic (exact) mass is 299 g/mol. The Labute approximate surface area is 125 Å². The molecular weight excluding hydrogens is 274 g/mol. The molecule has 0 radical (unpaired) electrons. The molecule has 0 atom stereocenters. The first-order chi connectivity index (χ1) is 9.99. The average molecular weight is 299 g/mol. The van der Waals surface area contributed by atoms with Crippen molar-refractivity contribution in [2.24, 2.45) is 11.8 Å². The number of esters is 2. The number of amides is 1. The number of nitrogens with one attached hydrogen (secondary N) is 1. The van der Waals surface area contributed by atoms with Gasteiger partial charge in [0.25, 0.3) is 0 Å². The minimum absolute atomic E-state index is 0.144. The first-order valence-corrected chi connectivity index (χ1v) is 7.63. The molecule has 1 N–H and O–H groups in total. The summed E-state index contributed by atoms with van der Waals surface area (Å²) in [5, 5.41) is 2.48. The van der Waals surface area contributed by atoms with E-state index in [1.165, 1.54) is 0 Å². The van der Waals surface area contributed by atoms with Gasteiger partial charge in [-0.1, -0.05) is 6.92 Å². The normalized spacial score (nSPS) is 21.7. The second-order valence-electron chi connectivity index (χ2n) is 5.40. The summed E-state index contributed by atoms with van der Waals surface area (Å²) in [7, 11) is 0. The number of hydrogen-bond donors (Lipinski definition) is 1. The second kappa shape index (κ2) is 8.64. The molecule has 1 fully saturated rings. The lowest BCUT2D eigenvalue weighted by atomic mass is 9.82. The highest BCUT2D eigenvalue weighted by Crippen LogP contribution is 2.28. The van der Waals surface area contributed by atoms with Gasteiger partial charge in [0, 0.05) is 5.92 Å². The van der Waals surface area contributed by atoms with Gasteiger partial charge in [-0.3, -0.25) is 4.79 Å². The van der Waals surface area contributed by atoms with Crippen LogP contribution in [0.1, 0.15) is 46.5 Å². The topological polar surface area (TPSA) is 81.7 Å². The first-order valence-electron chi connectivity index (χ1n) is 7.63. The van der Waals surface area contributed by atoms with E-state index >= 15 is 0 Å². The molecule has 1 saturated carbocycles. The molecule has 0 heterocycles. The molecule has 6 nitrogen and oxygen atoms in total. The quantitative estimate of drug-likeness (QED) is 0.592. The number of rotatable bonds is 6. The van der Waals surface area contributed by atoms with Gasteiger partial charge in [-0.15, -0.1) is 0 Å². The molecule has 1 aliphatic carbocycles. The Hall–Kier alpha value is -1.59. The van der Waals surface area contributed by atoms with E-state index in [1.807, 2.05) is 0 Å². The lowest BCUT2D eigenvalue weighted by Gasteiger charge is -2.26. The Kier molecular flexibility index (Phi) is 7.19. The number of carbonyl (C=O) groups excluding carboxylic acids is 3. The Balaban J connectivity index is 2.64. The van der Waals surface area contributed by atoms with Crippen molar-refractivity contribution >= 4 is 17.8 Å². The van der Waals surface area contributed by atoms with E-state index in [4.69, 9.17) is 9.47 Å². The summed E-state index contributed by atoms with van der Waals surface area (Å²) in [6.07, 6.45) is 3.54. The first kappa shape index (κ1) is 17.5. The van der Waals surface area contributed by atoms with Crippen LogP contribution in [-0.4, -0.2) is 37.1 Å². The van der Waals surface area contributed by atoms with Crippen LogP contribution in [0.3, 0.4) is 0 Å². The lowest BCUT2D eigenvalue weighted by molar-refractivity contribution is -0.160. The summed E-state index contributed by atoms with van der Waals surface area (Å²) in [4.78, 5) is 35.8. The Morgan fingerprint density at radius 3 is 1.90 bits per heavy atom. The third-order valence-corrected chi connectivity index (χ3v) is 3.72. The van der Waals surface area contributed by atoms with Crippen molar-refractivity contribution in [2.75, 3.05) is 13.2 Å². The van der Waals surface area contributed by atoms with Gasteiger partial charge in [0.15, 0.2) is 0 Å². The number of ether oxygens (including phenoxy) is 2. The fraction of sp³-hybridized carbons (Fsp3) is 0.800. The van der Waals surface area contributed by atoms with Crippen molar-refractivity contribution in [3.63, 3.8) is 0 Å². The van der Waals surface area contributed by atoms with Crippen LogP contribution in [0.2, 0.25) is 0 Å². The molecule has 1 rings (SSSR count). The fourth-order valence-corrected chi connectivity index (χ4v) is 2.45. The van der Waals surface area contributed by atoms with Gasteiger partial charge in [0.2, 0.25) is 11.9 Å². The molecule has 1 amide bonds. The Morgan fingerprint density at radius 1 is 1.00 bits per heavy atom. The summed E-state index contributed by atoms with van der Waals surface area (Å²) < 4.78 is 9.64. The summed E-state index contributed by atoms with van der Waals surface area (Å²) in [6, 6.07) is -1.36. The van der Waals surface area contributed by atoms with E-state index in [9.17, 15) is 14.4 Å². The maximum Gasteiger partial charge on any atom is 0.340 e. The van der Waals surface area contributed by atoms with Crippen molar-refractivity contribution < 1.29 is 23.9 Å². The summed E-state index contributed by atoms with van der Waals surface area (Å²) in [6.45, 7) is 5.74. The smallest absolute Gasteiger partial charge is 0.340 e. The van der Waals surface area contributed by atoms with Crippen LogP contribution in [0, 0.1) is 11.8 Å². The molecule has 0 unspecified atom stereocenters. The van der Waals surface area contributed by atoms with E-state index in [2.05, 4.69) is 12.2 Å². The lowest BCUT2D eigenvalue weighted by Crippen LogP contribution is -2.50. The van der Waals surface area contributed by atoms with Gasteiger partial charge >= 0.3 is 11.9 Å². The Morgan fingerprint density at radius 2 is 1.48 bits per heavy atom. The van der Waals surface area contributed by atoms with Gasteiger partial charge in [-0.2, -0.15) is 0 Å². The SMILES string of the molecule is CCOC(=O)C(NC(=O)C1CCC(C)CC1)C(=O)OCC. The van der Waals surface area contributed by atoms with Gasteiger partial charge in [0.1, 0.15) is 0 Å². The van der Waals surface area contributed by atoms with E-state index in [-0.39, 0.29) is 25.0 Å². The van der Waals surface area contributed by atoms with Crippen LogP contribution in [-0.2, 0) is 23.9 Å². The summed E-state index contributed by atoms with van der Waals surface area (Å²) in [5.41, 5.74) is 0. The van der Waals surface area contributed by atoms with Gasteiger partial charge in [-0.25, -0.2) is 9.59 Å². The van der Waals surface area contributed by atoms with Crippen molar-refractivity contribution in [2.45, 2.75) is 52.5 Å². The fourth-order valence-electron chi connectivity index (χ4n) is 2.45. The van der Waals surface area contributed by atoms with Crippen LogP contribution >= 0.6 is 0 Å². The molecule has 0 bridgehead atoms. The zero-order valence-corrected chi connectivity index (χ0v) is 13.0. The minimum atomic E-state index is -1.36. The molecule has 21 heavy (non-hydrogen) atoms. The third-order valence-electron chi connectivity index (χ3n) is 3.72. The maximum atomic E-state index is 12.2. The molecule has 1 aliphatic rings. The van der Waals surface area contributed by atoms with E-state index in [0.717, 1.165) is 25.7 Å². The predicted octanol–water partition coefficient (Wildman–Crippen LogP) is 1.42.